The van der Waals surface area contributed by atoms with Gasteiger partial charge in [-0.1, -0.05) is 23.2 Å². The van der Waals surface area contributed by atoms with Gasteiger partial charge in [-0.25, -0.2) is 8.78 Å². The van der Waals surface area contributed by atoms with Crippen LogP contribution < -0.4 is 0 Å². The lowest BCUT2D eigenvalue weighted by molar-refractivity contribution is 0.581. The molecule has 0 unspecified atom stereocenters. The summed E-state index contributed by atoms with van der Waals surface area (Å²) in [4.78, 5) is 0. The highest BCUT2D eigenvalue weighted by Crippen LogP contribution is 2.29. The van der Waals surface area contributed by atoms with Gasteiger partial charge in [0.1, 0.15) is 23.3 Å². The van der Waals surface area contributed by atoms with Crippen LogP contribution in [0.25, 0.3) is 0 Å². The van der Waals surface area contributed by atoms with Crippen molar-refractivity contribution in [2.75, 3.05) is 0 Å². The van der Waals surface area contributed by atoms with Crippen LogP contribution in [0.1, 0.15) is 5.56 Å². The molecule has 0 radical (unpaired) electrons. The normalized spacial score (nSPS) is 9.58. The minimum absolute atomic E-state index is 0.392. The predicted octanol–water partition coefficient (Wildman–Crippen LogP) is 3.14. The first kappa shape index (κ1) is 9.24. The Bertz CT molecular complexity index is 371. The van der Waals surface area contributed by atoms with Crippen molar-refractivity contribution in [3.05, 3.63) is 33.3 Å². The number of hydrogen-bond donors (Lipinski definition) is 0. The van der Waals surface area contributed by atoms with Gasteiger partial charge in [-0.2, -0.15) is 5.26 Å². The third-order valence-corrected chi connectivity index (χ3v) is 2.07. The lowest BCUT2D eigenvalue weighted by Crippen LogP contribution is -1.89. The quantitative estimate of drug-likeness (QED) is 0.474. The Morgan fingerprint density at radius 1 is 1.17 bits per heavy atom. The van der Waals surface area contributed by atoms with Crippen LogP contribution >= 0.6 is 23.2 Å². The summed E-state index contributed by atoms with van der Waals surface area (Å²) >= 11 is 10.7. The number of hydrogen-bond acceptors (Lipinski definition) is 1. The van der Waals surface area contributed by atoms with Gasteiger partial charge in [0.15, 0.2) is 0 Å². The molecule has 1 aromatic carbocycles. The molecule has 0 saturated heterocycles. The van der Waals surface area contributed by atoms with E-state index in [1.165, 1.54) is 6.07 Å². The Morgan fingerprint density at radius 3 is 2.25 bits per heavy atom. The standard InChI is InChI=1S/C7HCl2F2N/c8-6-3(2-12)4(10)1-5(11)7(6)9/h1H. The zero-order valence-electron chi connectivity index (χ0n) is 5.54. The first-order chi connectivity index (χ1) is 5.57. The number of nitrogens with zero attached hydrogens (tertiary/aromatic N) is 1. The average Bonchev–Trinajstić information content (AvgIpc) is 2.01. The highest BCUT2D eigenvalue weighted by Gasteiger charge is 2.14. The number of halogens is 4. The van der Waals surface area contributed by atoms with Gasteiger partial charge in [-0.3, -0.25) is 0 Å². The van der Waals surface area contributed by atoms with Gasteiger partial charge in [0, 0.05) is 6.07 Å². The average molecular weight is 208 g/mol. The lowest BCUT2D eigenvalue weighted by Gasteiger charge is -2.00. The summed E-state index contributed by atoms with van der Waals surface area (Å²) in [6, 6.07) is 1.99. The zero-order chi connectivity index (χ0) is 9.30. The molecule has 0 spiro atoms. The van der Waals surface area contributed by atoms with Crippen molar-refractivity contribution in [1.82, 2.24) is 0 Å². The van der Waals surface area contributed by atoms with Crippen LogP contribution in [0.2, 0.25) is 10.0 Å². The maximum Gasteiger partial charge on any atom is 0.146 e. The van der Waals surface area contributed by atoms with Crippen LogP contribution in [0.5, 0.6) is 0 Å². The molecule has 0 bridgehead atoms. The van der Waals surface area contributed by atoms with Crippen LogP contribution in [0.15, 0.2) is 6.07 Å². The smallest absolute Gasteiger partial charge is 0.146 e. The summed E-state index contributed by atoms with van der Waals surface area (Å²) in [7, 11) is 0. The monoisotopic (exact) mass is 207 g/mol. The van der Waals surface area contributed by atoms with E-state index < -0.39 is 27.2 Å². The largest absolute Gasteiger partial charge is 0.205 e. The third kappa shape index (κ3) is 1.36. The van der Waals surface area contributed by atoms with Gasteiger partial charge >= 0.3 is 0 Å². The molecular weight excluding hydrogens is 207 g/mol. The van der Waals surface area contributed by atoms with Gasteiger partial charge in [0.05, 0.1) is 10.0 Å². The molecule has 0 fully saturated rings. The van der Waals surface area contributed by atoms with Crippen molar-refractivity contribution in [2.45, 2.75) is 0 Å². The maximum atomic E-state index is 12.7. The summed E-state index contributed by atoms with van der Waals surface area (Å²) in [5.74, 6) is -1.98. The van der Waals surface area contributed by atoms with Gasteiger partial charge in [-0.15, -0.1) is 0 Å². The number of rotatable bonds is 0. The summed E-state index contributed by atoms with van der Waals surface area (Å²) in [6.45, 7) is 0. The first-order valence-electron chi connectivity index (χ1n) is 2.81. The second kappa shape index (κ2) is 3.26. The summed E-state index contributed by atoms with van der Waals surface area (Å²) < 4.78 is 25.3. The fourth-order valence-electron chi connectivity index (χ4n) is 0.669. The highest BCUT2D eigenvalue weighted by molar-refractivity contribution is 6.42. The van der Waals surface area contributed by atoms with Gasteiger partial charge < -0.3 is 0 Å². The van der Waals surface area contributed by atoms with E-state index in [4.69, 9.17) is 28.5 Å². The van der Waals surface area contributed by atoms with Crippen molar-refractivity contribution in [1.29, 1.82) is 5.26 Å². The summed E-state index contributed by atoms with van der Waals surface area (Å²) in [5.41, 5.74) is -0.442. The molecule has 0 aliphatic rings. The summed E-state index contributed by atoms with van der Waals surface area (Å²) in [6.07, 6.45) is 0. The molecule has 0 aliphatic heterocycles. The molecule has 0 aliphatic carbocycles. The second-order valence-corrected chi connectivity index (χ2v) is 2.71. The number of nitriles is 1. The Labute approximate surface area is 77.1 Å². The van der Waals surface area contributed by atoms with Gasteiger partial charge in [0.2, 0.25) is 0 Å². The Morgan fingerprint density at radius 2 is 1.75 bits per heavy atom. The van der Waals surface area contributed by atoms with Crippen LogP contribution in [-0.2, 0) is 0 Å². The van der Waals surface area contributed by atoms with Crippen LogP contribution in [0.3, 0.4) is 0 Å². The fraction of sp³-hybridized carbons (Fsp3) is 0. The first-order valence-corrected chi connectivity index (χ1v) is 3.56. The van der Waals surface area contributed by atoms with Crippen LogP contribution in [-0.4, -0.2) is 0 Å². The zero-order valence-corrected chi connectivity index (χ0v) is 7.05. The molecule has 0 saturated carbocycles. The molecule has 1 rings (SSSR count). The summed E-state index contributed by atoms with van der Waals surface area (Å²) in [5, 5.41) is 7.53. The molecule has 62 valence electrons. The van der Waals surface area contributed by atoms with Gasteiger partial charge in [0.25, 0.3) is 0 Å². The van der Waals surface area contributed by atoms with Crippen molar-refractivity contribution in [3.8, 4) is 6.07 Å². The maximum absolute atomic E-state index is 12.7. The molecule has 1 aromatic rings. The van der Waals surface area contributed by atoms with Gasteiger partial charge in [-0.05, 0) is 0 Å². The molecule has 0 aromatic heterocycles. The number of benzene rings is 1. The van der Waals surface area contributed by atoms with Crippen LogP contribution in [0, 0.1) is 23.0 Å². The third-order valence-electron chi connectivity index (χ3n) is 1.23. The Balaban J connectivity index is 3.54. The molecular formula is C7HCl2F2N. The predicted molar refractivity (Wildman–Crippen MR) is 41.1 cm³/mol. The Kier molecular flexibility index (Phi) is 2.51. The van der Waals surface area contributed by atoms with E-state index in [1.807, 2.05) is 0 Å². The van der Waals surface area contributed by atoms with E-state index >= 15 is 0 Å². The molecule has 5 heteroatoms. The Hall–Kier alpha value is -0.850. The van der Waals surface area contributed by atoms with E-state index in [0.29, 0.717) is 6.07 Å². The fourth-order valence-corrected chi connectivity index (χ4v) is 1.04. The topological polar surface area (TPSA) is 23.8 Å². The molecule has 0 amide bonds. The SMILES string of the molecule is N#Cc1c(F)cc(F)c(Cl)c1Cl. The van der Waals surface area contributed by atoms with E-state index in [1.54, 1.807) is 0 Å². The van der Waals surface area contributed by atoms with E-state index in [2.05, 4.69) is 0 Å². The van der Waals surface area contributed by atoms with Crippen molar-refractivity contribution < 1.29 is 8.78 Å². The molecule has 12 heavy (non-hydrogen) atoms. The molecule has 0 atom stereocenters. The van der Waals surface area contributed by atoms with Crippen LogP contribution in [0.4, 0.5) is 8.78 Å². The minimum Gasteiger partial charge on any atom is -0.205 e. The molecule has 0 heterocycles. The highest BCUT2D eigenvalue weighted by atomic mass is 35.5. The van der Waals surface area contributed by atoms with E-state index in [-0.39, 0.29) is 0 Å². The lowest BCUT2D eigenvalue weighted by atomic mass is 10.2. The van der Waals surface area contributed by atoms with E-state index in [0.717, 1.165) is 0 Å². The second-order valence-electron chi connectivity index (χ2n) is 1.95. The molecule has 1 nitrogen and oxygen atoms in total. The van der Waals surface area contributed by atoms with Crippen molar-refractivity contribution in [3.63, 3.8) is 0 Å². The molecule has 0 N–H and O–H groups in total. The van der Waals surface area contributed by atoms with Crippen molar-refractivity contribution in [2.24, 2.45) is 0 Å². The van der Waals surface area contributed by atoms with Crippen molar-refractivity contribution >= 4 is 23.2 Å². The minimum atomic E-state index is -1.01. The van der Waals surface area contributed by atoms with E-state index in [9.17, 15) is 8.78 Å².